The van der Waals surface area contributed by atoms with Gasteiger partial charge in [0.2, 0.25) is 0 Å². The smallest absolute Gasteiger partial charge is 0.321 e. The van der Waals surface area contributed by atoms with Gasteiger partial charge in [-0.05, 0) is 36.6 Å². The summed E-state index contributed by atoms with van der Waals surface area (Å²) in [6.07, 6.45) is 1.98. The van der Waals surface area contributed by atoms with Crippen molar-refractivity contribution in [1.29, 1.82) is 0 Å². The maximum absolute atomic E-state index is 11.6. The standard InChI is InChI=1S/C11H15N3O/c1-13-11(15)14-6-2-3-8-7-9(12)4-5-10(8)14/h4-5,7H,2-3,6,12H2,1H3,(H,13,15). The second kappa shape index (κ2) is 3.81. The zero-order valence-corrected chi connectivity index (χ0v) is 8.79. The summed E-state index contributed by atoms with van der Waals surface area (Å²) in [5.74, 6) is 0. The van der Waals surface area contributed by atoms with E-state index in [1.807, 2.05) is 18.2 Å². The topological polar surface area (TPSA) is 58.4 Å². The van der Waals surface area contributed by atoms with Crippen LogP contribution in [0, 0.1) is 0 Å². The number of urea groups is 1. The number of rotatable bonds is 0. The van der Waals surface area contributed by atoms with Crippen molar-refractivity contribution in [3.05, 3.63) is 23.8 Å². The maximum atomic E-state index is 11.6. The van der Waals surface area contributed by atoms with Crippen molar-refractivity contribution in [2.24, 2.45) is 0 Å². The third-order valence-electron chi connectivity index (χ3n) is 2.68. The molecule has 4 heteroatoms. The Balaban J connectivity index is 2.38. The minimum absolute atomic E-state index is 0.0549. The Kier molecular flexibility index (Phi) is 2.49. The quantitative estimate of drug-likeness (QED) is 0.628. The third-order valence-corrected chi connectivity index (χ3v) is 2.68. The molecule has 4 nitrogen and oxygen atoms in total. The molecule has 1 aliphatic rings. The van der Waals surface area contributed by atoms with Crippen molar-refractivity contribution >= 4 is 17.4 Å². The van der Waals surface area contributed by atoms with E-state index in [0.717, 1.165) is 36.3 Å². The molecule has 0 fully saturated rings. The first-order valence-electron chi connectivity index (χ1n) is 5.10. The molecule has 1 heterocycles. The molecule has 1 aromatic rings. The Morgan fingerprint density at radius 2 is 2.33 bits per heavy atom. The Bertz CT molecular complexity index is 389. The van der Waals surface area contributed by atoms with E-state index in [9.17, 15) is 4.79 Å². The van der Waals surface area contributed by atoms with Crippen molar-refractivity contribution in [1.82, 2.24) is 5.32 Å². The first kappa shape index (κ1) is 9.83. The highest BCUT2D eigenvalue weighted by Crippen LogP contribution is 2.28. The highest BCUT2D eigenvalue weighted by atomic mass is 16.2. The van der Waals surface area contributed by atoms with Crippen LogP contribution < -0.4 is 16.0 Å². The fraction of sp³-hybridized carbons (Fsp3) is 0.364. The van der Waals surface area contributed by atoms with Crippen LogP contribution in [0.1, 0.15) is 12.0 Å². The van der Waals surface area contributed by atoms with Crippen LogP contribution >= 0.6 is 0 Å². The number of amides is 2. The van der Waals surface area contributed by atoms with Gasteiger partial charge < -0.3 is 11.1 Å². The Morgan fingerprint density at radius 3 is 3.07 bits per heavy atom. The van der Waals surface area contributed by atoms with Gasteiger partial charge in [-0.2, -0.15) is 0 Å². The lowest BCUT2D eigenvalue weighted by Crippen LogP contribution is -2.41. The minimum atomic E-state index is -0.0549. The molecular weight excluding hydrogens is 190 g/mol. The van der Waals surface area contributed by atoms with Crippen LogP contribution in [0.25, 0.3) is 0 Å². The summed E-state index contributed by atoms with van der Waals surface area (Å²) in [6, 6.07) is 5.64. The largest absolute Gasteiger partial charge is 0.399 e. The van der Waals surface area contributed by atoms with E-state index in [4.69, 9.17) is 5.73 Å². The molecule has 0 saturated heterocycles. The summed E-state index contributed by atoms with van der Waals surface area (Å²) in [6.45, 7) is 0.774. The number of nitrogens with zero attached hydrogens (tertiary/aromatic N) is 1. The predicted octanol–water partition coefficient (Wildman–Crippen LogP) is 1.36. The molecular formula is C11H15N3O. The average Bonchev–Trinajstić information content (AvgIpc) is 2.26. The normalized spacial score (nSPS) is 14.6. The monoisotopic (exact) mass is 205 g/mol. The summed E-state index contributed by atoms with van der Waals surface area (Å²) in [7, 11) is 1.65. The van der Waals surface area contributed by atoms with Gasteiger partial charge in [-0.15, -0.1) is 0 Å². The number of carbonyl (C=O) groups excluding carboxylic acids is 1. The number of nitrogens with two attached hydrogens (primary N) is 1. The van der Waals surface area contributed by atoms with Gasteiger partial charge in [0, 0.05) is 25.0 Å². The number of nitrogen functional groups attached to an aromatic ring is 1. The van der Waals surface area contributed by atoms with Gasteiger partial charge in [-0.3, -0.25) is 4.90 Å². The van der Waals surface area contributed by atoms with Crippen LogP contribution in [0.15, 0.2) is 18.2 Å². The van der Waals surface area contributed by atoms with Crippen LogP contribution in [0.3, 0.4) is 0 Å². The molecule has 0 radical (unpaired) electrons. The molecule has 0 saturated carbocycles. The predicted molar refractivity (Wildman–Crippen MR) is 61.0 cm³/mol. The van der Waals surface area contributed by atoms with E-state index in [2.05, 4.69) is 5.32 Å². The number of benzene rings is 1. The summed E-state index contributed by atoms with van der Waals surface area (Å²) >= 11 is 0. The molecule has 0 aliphatic carbocycles. The maximum Gasteiger partial charge on any atom is 0.321 e. The minimum Gasteiger partial charge on any atom is -0.399 e. The van der Waals surface area contributed by atoms with E-state index >= 15 is 0 Å². The molecule has 0 atom stereocenters. The van der Waals surface area contributed by atoms with Crippen molar-refractivity contribution in [2.45, 2.75) is 12.8 Å². The van der Waals surface area contributed by atoms with Crippen LogP contribution in [-0.2, 0) is 6.42 Å². The zero-order chi connectivity index (χ0) is 10.8. The fourth-order valence-electron chi connectivity index (χ4n) is 1.96. The molecule has 2 amide bonds. The van der Waals surface area contributed by atoms with Crippen molar-refractivity contribution in [3.63, 3.8) is 0 Å². The van der Waals surface area contributed by atoms with Crippen LogP contribution in [0.5, 0.6) is 0 Å². The number of carbonyl (C=O) groups is 1. The second-order valence-corrected chi connectivity index (χ2v) is 3.70. The second-order valence-electron chi connectivity index (χ2n) is 3.70. The van der Waals surface area contributed by atoms with Gasteiger partial charge in [0.1, 0.15) is 0 Å². The Morgan fingerprint density at radius 1 is 1.53 bits per heavy atom. The number of aryl methyl sites for hydroxylation is 1. The summed E-state index contributed by atoms with van der Waals surface area (Å²) < 4.78 is 0. The van der Waals surface area contributed by atoms with Crippen molar-refractivity contribution < 1.29 is 4.79 Å². The number of anilines is 2. The van der Waals surface area contributed by atoms with E-state index in [-0.39, 0.29) is 6.03 Å². The van der Waals surface area contributed by atoms with E-state index in [0.29, 0.717) is 0 Å². The third kappa shape index (κ3) is 1.75. The summed E-state index contributed by atoms with van der Waals surface area (Å²) in [5.41, 5.74) is 8.61. The van der Waals surface area contributed by atoms with Gasteiger partial charge in [0.15, 0.2) is 0 Å². The Labute approximate surface area is 89.1 Å². The van der Waals surface area contributed by atoms with E-state index < -0.39 is 0 Å². The lowest BCUT2D eigenvalue weighted by Gasteiger charge is -2.29. The first-order chi connectivity index (χ1) is 7.22. The lowest BCUT2D eigenvalue weighted by atomic mass is 10.0. The average molecular weight is 205 g/mol. The molecule has 1 aliphatic heterocycles. The number of fused-ring (bicyclic) bond motifs is 1. The van der Waals surface area contributed by atoms with Gasteiger partial charge in [-0.1, -0.05) is 0 Å². The van der Waals surface area contributed by atoms with Crippen LogP contribution in [0.4, 0.5) is 16.2 Å². The van der Waals surface area contributed by atoms with Gasteiger partial charge in [-0.25, -0.2) is 4.79 Å². The molecule has 15 heavy (non-hydrogen) atoms. The van der Waals surface area contributed by atoms with Gasteiger partial charge >= 0.3 is 6.03 Å². The SMILES string of the molecule is CNC(=O)N1CCCc2cc(N)ccc21. The van der Waals surface area contributed by atoms with Gasteiger partial charge in [0.25, 0.3) is 0 Å². The Hall–Kier alpha value is -1.71. The molecule has 3 N–H and O–H groups in total. The highest BCUT2D eigenvalue weighted by molar-refractivity contribution is 5.93. The van der Waals surface area contributed by atoms with Crippen LogP contribution in [-0.4, -0.2) is 19.6 Å². The zero-order valence-electron chi connectivity index (χ0n) is 8.79. The van der Waals surface area contributed by atoms with Crippen molar-refractivity contribution in [3.8, 4) is 0 Å². The molecule has 0 unspecified atom stereocenters. The molecule has 0 aromatic heterocycles. The van der Waals surface area contributed by atoms with Crippen LogP contribution in [0.2, 0.25) is 0 Å². The first-order valence-corrected chi connectivity index (χ1v) is 5.10. The molecule has 0 bridgehead atoms. The molecule has 2 rings (SSSR count). The lowest BCUT2D eigenvalue weighted by molar-refractivity contribution is 0.247. The number of hydrogen-bond donors (Lipinski definition) is 2. The van der Waals surface area contributed by atoms with Gasteiger partial charge in [0.05, 0.1) is 0 Å². The number of nitrogens with one attached hydrogen (secondary N) is 1. The van der Waals surface area contributed by atoms with E-state index in [1.54, 1.807) is 11.9 Å². The van der Waals surface area contributed by atoms with Crippen molar-refractivity contribution in [2.75, 3.05) is 24.2 Å². The molecule has 80 valence electrons. The summed E-state index contributed by atoms with van der Waals surface area (Å²) in [5, 5.41) is 2.65. The summed E-state index contributed by atoms with van der Waals surface area (Å²) in [4.78, 5) is 13.4. The fourth-order valence-corrected chi connectivity index (χ4v) is 1.96. The number of hydrogen-bond acceptors (Lipinski definition) is 2. The highest BCUT2D eigenvalue weighted by Gasteiger charge is 2.21. The van der Waals surface area contributed by atoms with E-state index in [1.165, 1.54) is 0 Å². The molecule has 0 spiro atoms. The molecule has 1 aromatic carbocycles.